The molecule has 0 radical (unpaired) electrons. The first-order valence-corrected chi connectivity index (χ1v) is 7.35. The first-order valence-electron chi connectivity index (χ1n) is 6.56. The number of rotatable bonds is 3. The van der Waals surface area contributed by atoms with Gasteiger partial charge < -0.3 is 4.74 Å². The number of halogens is 1. The summed E-state index contributed by atoms with van der Waals surface area (Å²) in [4.78, 5) is 26.2. The van der Waals surface area contributed by atoms with E-state index in [4.69, 9.17) is 4.74 Å². The van der Waals surface area contributed by atoms with Gasteiger partial charge in [-0.2, -0.15) is 0 Å². The lowest BCUT2D eigenvalue weighted by Crippen LogP contribution is -2.05. The largest absolute Gasteiger partial charge is 0.402 e. The van der Waals surface area contributed by atoms with E-state index in [1.54, 1.807) is 6.08 Å². The Hall–Kier alpha value is -2.80. The van der Waals surface area contributed by atoms with Crippen molar-refractivity contribution in [1.82, 2.24) is 0 Å². The van der Waals surface area contributed by atoms with Gasteiger partial charge in [0, 0.05) is 22.2 Å². The molecule has 0 aliphatic carbocycles. The van der Waals surface area contributed by atoms with Crippen LogP contribution < -0.4 is 0 Å². The Kier molecular flexibility index (Phi) is 4.03. The third kappa shape index (κ3) is 3.35. The zero-order valence-corrected chi connectivity index (χ0v) is 13.2. The number of nitro benzene ring substituents is 1. The fraction of sp³-hybridized carbons (Fsp3) is 0. The van der Waals surface area contributed by atoms with Gasteiger partial charge in [0.2, 0.25) is 5.90 Å². The molecular formula is C16H9BrN2O4. The number of nitrogens with zero attached hydrogens (tertiary/aromatic N) is 2. The van der Waals surface area contributed by atoms with Crippen LogP contribution in [0, 0.1) is 10.1 Å². The average molecular weight is 373 g/mol. The van der Waals surface area contributed by atoms with Crippen LogP contribution in [0.3, 0.4) is 0 Å². The number of carbonyl (C=O) groups excluding carboxylic acids is 1. The van der Waals surface area contributed by atoms with Gasteiger partial charge in [-0.05, 0) is 35.9 Å². The Morgan fingerprint density at radius 1 is 1.09 bits per heavy atom. The van der Waals surface area contributed by atoms with Crippen LogP contribution in [-0.2, 0) is 9.53 Å². The quantitative estimate of drug-likeness (QED) is 0.356. The summed E-state index contributed by atoms with van der Waals surface area (Å²) in [6, 6.07) is 13.0. The predicted octanol–water partition coefficient (Wildman–Crippen LogP) is 3.70. The molecule has 6 nitrogen and oxygen atoms in total. The highest BCUT2D eigenvalue weighted by Crippen LogP contribution is 2.21. The van der Waals surface area contributed by atoms with Crippen LogP contribution in [0.2, 0.25) is 0 Å². The number of nitro groups is 1. The normalized spacial score (nSPS) is 15.4. The van der Waals surface area contributed by atoms with E-state index in [0.717, 1.165) is 10.0 Å². The van der Waals surface area contributed by atoms with Crippen molar-refractivity contribution in [1.29, 1.82) is 0 Å². The van der Waals surface area contributed by atoms with Crippen LogP contribution in [0.25, 0.3) is 6.08 Å². The van der Waals surface area contributed by atoms with Gasteiger partial charge in [-0.1, -0.05) is 28.1 Å². The summed E-state index contributed by atoms with van der Waals surface area (Å²) >= 11 is 3.34. The standard InChI is InChI=1S/C16H9BrN2O4/c17-12-5-1-10(2-6-12)9-14-16(20)23-15(18-14)11-3-7-13(8-4-11)19(21)22/h1-9H/b14-9-. The lowest BCUT2D eigenvalue weighted by Gasteiger charge is -1.98. The summed E-state index contributed by atoms with van der Waals surface area (Å²) in [5, 5.41) is 10.6. The maximum absolute atomic E-state index is 11.9. The van der Waals surface area contributed by atoms with Crippen LogP contribution >= 0.6 is 15.9 Å². The van der Waals surface area contributed by atoms with Crippen molar-refractivity contribution in [3.63, 3.8) is 0 Å². The smallest absolute Gasteiger partial charge is 0.363 e. The van der Waals surface area contributed by atoms with E-state index in [1.807, 2.05) is 24.3 Å². The Bertz CT molecular complexity index is 839. The summed E-state index contributed by atoms with van der Waals surface area (Å²) in [6.45, 7) is 0. The minimum Gasteiger partial charge on any atom is -0.402 e. The monoisotopic (exact) mass is 372 g/mol. The minimum atomic E-state index is -0.554. The molecule has 0 fully saturated rings. The second-order valence-electron chi connectivity index (χ2n) is 4.69. The molecule has 0 spiro atoms. The van der Waals surface area contributed by atoms with Crippen molar-refractivity contribution in [2.75, 3.05) is 0 Å². The molecule has 2 aromatic rings. The fourth-order valence-corrected chi connectivity index (χ4v) is 2.24. The van der Waals surface area contributed by atoms with Gasteiger partial charge in [0.25, 0.3) is 5.69 Å². The van der Waals surface area contributed by atoms with E-state index in [-0.39, 0.29) is 17.3 Å². The molecule has 2 aromatic carbocycles. The molecule has 0 bridgehead atoms. The molecule has 0 atom stereocenters. The summed E-state index contributed by atoms with van der Waals surface area (Å²) in [6.07, 6.45) is 1.62. The summed E-state index contributed by atoms with van der Waals surface area (Å²) < 4.78 is 6.05. The molecule has 7 heteroatoms. The Balaban J connectivity index is 1.88. The maximum atomic E-state index is 11.9. The lowest BCUT2D eigenvalue weighted by molar-refractivity contribution is -0.384. The van der Waals surface area contributed by atoms with Crippen molar-refractivity contribution >= 4 is 39.6 Å². The Morgan fingerprint density at radius 3 is 2.35 bits per heavy atom. The zero-order chi connectivity index (χ0) is 16.4. The van der Waals surface area contributed by atoms with Gasteiger partial charge in [0.05, 0.1) is 4.92 Å². The van der Waals surface area contributed by atoms with Crippen LogP contribution in [0.15, 0.2) is 63.7 Å². The Morgan fingerprint density at radius 2 is 1.74 bits per heavy atom. The SMILES string of the molecule is O=C1OC(c2ccc([N+](=O)[O-])cc2)=N/C1=C\c1ccc(Br)cc1. The molecule has 0 N–H and O–H groups in total. The molecule has 23 heavy (non-hydrogen) atoms. The van der Waals surface area contributed by atoms with E-state index in [2.05, 4.69) is 20.9 Å². The summed E-state index contributed by atoms with van der Waals surface area (Å²) in [5.41, 5.74) is 1.46. The zero-order valence-electron chi connectivity index (χ0n) is 11.6. The van der Waals surface area contributed by atoms with Crippen molar-refractivity contribution in [3.05, 3.63) is 79.9 Å². The summed E-state index contributed by atoms with van der Waals surface area (Å²) in [7, 11) is 0. The van der Waals surface area contributed by atoms with Gasteiger partial charge in [0.1, 0.15) is 0 Å². The molecule has 0 aromatic heterocycles. The molecule has 1 heterocycles. The molecule has 0 saturated carbocycles. The highest BCUT2D eigenvalue weighted by Gasteiger charge is 2.24. The third-order valence-corrected chi connectivity index (χ3v) is 3.65. The van der Waals surface area contributed by atoms with Crippen molar-refractivity contribution in [3.8, 4) is 0 Å². The highest BCUT2D eigenvalue weighted by molar-refractivity contribution is 9.10. The van der Waals surface area contributed by atoms with E-state index in [1.165, 1.54) is 24.3 Å². The van der Waals surface area contributed by atoms with Crippen molar-refractivity contribution < 1.29 is 14.5 Å². The first-order chi connectivity index (χ1) is 11.0. The summed E-state index contributed by atoms with van der Waals surface area (Å²) in [5.74, 6) is -0.422. The fourth-order valence-electron chi connectivity index (χ4n) is 1.98. The topological polar surface area (TPSA) is 81.8 Å². The third-order valence-electron chi connectivity index (χ3n) is 3.12. The highest BCUT2D eigenvalue weighted by atomic mass is 79.9. The molecule has 1 aliphatic rings. The number of hydrogen-bond donors (Lipinski definition) is 0. The van der Waals surface area contributed by atoms with Crippen LogP contribution in [-0.4, -0.2) is 16.8 Å². The number of ether oxygens (including phenoxy) is 1. The molecule has 1 aliphatic heterocycles. The molecular weight excluding hydrogens is 364 g/mol. The van der Waals surface area contributed by atoms with Gasteiger partial charge in [-0.3, -0.25) is 10.1 Å². The average Bonchev–Trinajstić information content (AvgIpc) is 2.91. The number of benzene rings is 2. The number of hydrogen-bond acceptors (Lipinski definition) is 5. The first kappa shape index (κ1) is 15.1. The van der Waals surface area contributed by atoms with Gasteiger partial charge >= 0.3 is 5.97 Å². The van der Waals surface area contributed by atoms with Crippen molar-refractivity contribution in [2.24, 2.45) is 4.99 Å². The Labute approximate surface area is 139 Å². The second kappa shape index (κ2) is 6.13. The molecule has 114 valence electrons. The molecule has 0 amide bonds. The number of cyclic esters (lactones) is 1. The lowest BCUT2D eigenvalue weighted by atomic mass is 10.2. The number of aliphatic imine (C=N–C) groups is 1. The van der Waals surface area contributed by atoms with Gasteiger partial charge in [0.15, 0.2) is 5.70 Å². The second-order valence-corrected chi connectivity index (χ2v) is 5.61. The minimum absolute atomic E-state index is 0.0377. The molecule has 0 unspecified atom stereocenters. The molecule has 3 rings (SSSR count). The maximum Gasteiger partial charge on any atom is 0.363 e. The number of non-ortho nitro benzene ring substituents is 1. The van der Waals surface area contributed by atoms with E-state index in [9.17, 15) is 14.9 Å². The van der Waals surface area contributed by atoms with Gasteiger partial charge in [-0.25, -0.2) is 9.79 Å². The van der Waals surface area contributed by atoms with Crippen LogP contribution in [0.5, 0.6) is 0 Å². The number of carbonyl (C=O) groups is 1. The van der Waals surface area contributed by atoms with E-state index < -0.39 is 10.9 Å². The van der Waals surface area contributed by atoms with Gasteiger partial charge in [-0.15, -0.1) is 0 Å². The van der Waals surface area contributed by atoms with Crippen LogP contribution in [0.1, 0.15) is 11.1 Å². The predicted molar refractivity (Wildman–Crippen MR) is 87.8 cm³/mol. The van der Waals surface area contributed by atoms with E-state index in [0.29, 0.717) is 5.56 Å². The van der Waals surface area contributed by atoms with Crippen LogP contribution in [0.4, 0.5) is 5.69 Å². The molecule has 0 saturated heterocycles. The van der Waals surface area contributed by atoms with E-state index >= 15 is 0 Å². The number of esters is 1. The van der Waals surface area contributed by atoms with Crippen molar-refractivity contribution in [2.45, 2.75) is 0 Å².